The molecule has 0 unspecified atom stereocenters. The highest BCUT2D eigenvalue weighted by molar-refractivity contribution is 6.31. The summed E-state index contributed by atoms with van der Waals surface area (Å²) in [6.45, 7) is 0. The molecule has 0 aliphatic rings. The first-order chi connectivity index (χ1) is 10.1. The van der Waals surface area contributed by atoms with E-state index >= 15 is 0 Å². The third kappa shape index (κ3) is 4.29. The van der Waals surface area contributed by atoms with Gasteiger partial charge in [-0.1, -0.05) is 17.7 Å². The smallest absolute Gasteiger partial charge is 0.337 e. The van der Waals surface area contributed by atoms with Gasteiger partial charge in [0.05, 0.1) is 11.3 Å². The summed E-state index contributed by atoms with van der Waals surface area (Å²) >= 11 is 5.76. The van der Waals surface area contributed by atoms with E-state index in [1.54, 1.807) is 18.5 Å². The van der Waals surface area contributed by atoms with Gasteiger partial charge in [0.2, 0.25) is 5.91 Å². The van der Waals surface area contributed by atoms with E-state index in [1.165, 1.54) is 18.2 Å². The molecule has 21 heavy (non-hydrogen) atoms. The number of amides is 1. The zero-order chi connectivity index (χ0) is 15.2. The summed E-state index contributed by atoms with van der Waals surface area (Å²) in [5.41, 5.74) is 1.16. The Balaban J connectivity index is 2.01. The van der Waals surface area contributed by atoms with Crippen molar-refractivity contribution in [3.63, 3.8) is 0 Å². The number of nitrogens with zero attached hydrogens (tertiary/aromatic N) is 1. The molecular formula is C15H13ClN2O3. The Morgan fingerprint density at radius 3 is 2.76 bits per heavy atom. The number of nitrogens with one attached hydrogen (secondary N) is 1. The standard InChI is InChI=1S/C15H13ClN2O3/c16-11-4-5-13(12(8-11)15(20)21)18-14(19)6-3-10-2-1-7-17-9-10/h1-2,4-5,7-9H,3,6H2,(H,18,19)(H,20,21). The largest absolute Gasteiger partial charge is 0.478 e. The van der Waals surface area contributed by atoms with Crippen molar-refractivity contribution in [3.05, 3.63) is 58.9 Å². The number of pyridine rings is 1. The topological polar surface area (TPSA) is 79.3 Å². The minimum atomic E-state index is -1.14. The van der Waals surface area contributed by atoms with Crippen molar-refractivity contribution in [2.45, 2.75) is 12.8 Å². The number of halogens is 1. The van der Waals surface area contributed by atoms with Gasteiger partial charge in [-0.3, -0.25) is 9.78 Å². The number of aromatic carboxylic acids is 1. The molecule has 0 atom stereocenters. The van der Waals surface area contributed by atoms with Gasteiger partial charge in [0.25, 0.3) is 0 Å². The Hall–Kier alpha value is -2.40. The summed E-state index contributed by atoms with van der Waals surface area (Å²) in [6.07, 6.45) is 4.14. The summed E-state index contributed by atoms with van der Waals surface area (Å²) < 4.78 is 0. The maximum Gasteiger partial charge on any atom is 0.337 e. The second kappa shape index (κ2) is 6.85. The van der Waals surface area contributed by atoms with E-state index in [0.29, 0.717) is 11.4 Å². The lowest BCUT2D eigenvalue weighted by Crippen LogP contribution is -2.15. The predicted molar refractivity (Wildman–Crippen MR) is 79.6 cm³/mol. The number of rotatable bonds is 5. The number of aryl methyl sites for hydroxylation is 1. The van der Waals surface area contributed by atoms with Crippen LogP contribution in [0.25, 0.3) is 0 Å². The molecule has 1 aromatic carbocycles. The van der Waals surface area contributed by atoms with Crippen LogP contribution in [0.2, 0.25) is 5.02 Å². The number of carboxylic acids is 1. The molecule has 0 fully saturated rings. The Labute approximate surface area is 126 Å². The molecule has 0 radical (unpaired) electrons. The fraction of sp³-hybridized carbons (Fsp3) is 0.133. The number of anilines is 1. The maximum atomic E-state index is 11.9. The van der Waals surface area contributed by atoms with Crippen LogP contribution >= 0.6 is 11.6 Å². The summed E-state index contributed by atoms with van der Waals surface area (Å²) in [4.78, 5) is 27.0. The second-order valence-electron chi connectivity index (χ2n) is 4.40. The van der Waals surface area contributed by atoms with Crippen LogP contribution in [0.15, 0.2) is 42.7 Å². The van der Waals surface area contributed by atoms with Crippen LogP contribution in [-0.2, 0) is 11.2 Å². The van der Waals surface area contributed by atoms with E-state index in [0.717, 1.165) is 5.56 Å². The van der Waals surface area contributed by atoms with Crippen LogP contribution in [0.4, 0.5) is 5.69 Å². The lowest BCUT2D eigenvalue weighted by molar-refractivity contribution is -0.116. The average Bonchev–Trinajstić information content (AvgIpc) is 2.48. The first-order valence-corrected chi connectivity index (χ1v) is 6.65. The first kappa shape index (κ1) is 15.0. The Kier molecular flexibility index (Phi) is 4.90. The molecule has 2 aromatic rings. The van der Waals surface area contributed by atoms with E-state index in [-0.39, 0.29) is 23.6 Å². The molecule has 6 heteroatoms. The normalized spacial score (nSPS) is 10.1. The van der Waals surface area contributed by atoms with E-state index < -0.39 is 5.97 Å². The Morgan fingerprint density at radius 2 is 2.10 bits per heavy atom. The number of carbonyl (C=O) groups excluding carboxylic acids is 1. The van der Waals surface area contributed by atoms with Gasteiger partial charge in [-0.25, -0.2) is 4.79 Å². The van der Waals surface area contributed by atoms with Crippen LogP contribution in [-0.4, -0.2) is 22.0 Å². The van der Waals surface area contributed by atoms with Crippen LogP contribution in [0.5, 0.6) is 0 Å². The van der Waals surface area contributed by atoms with E-state index in [1.807, 2.05) is 6.07 Å². The SMILES string of the molecule is O=C(CCc1cccnc1)Nc1ccc(Cl)cc1C(=O)O. The number of hydrogen-bond donors (Lipinski definition) is 2. The molecule has 0 saturated heterocycles. The molecule has 2 N–H and O–H groups in total. The van der Waals surface area contributed by atoms with Gasteiger partial charge in [0, 0.05) is 23.8 Å². The van der Waals surface area contributed by atoms with Crippen molar-refractivity contribution in [1.29, 1.82) is 0 Å². The van der Waals surface area contributed by atoms with E-state index in [9.17, 15) is 9.59 Å². The highest BCUT2D eigenvalue weighted by atomic mass is 35.5. The summed E-state index contributed by atoms with van der Waals surface area (Å²) in [5.74, 6) is -1.40. The minimum absolute atomic E-state index is 0.0303. The first-order valence-electron chi connectivity index (χ1n) is 6.28. The molecule has 1 aromatic heterocycles. The molecular weight excluding hydrogens is 292 g/mol. The van der Waals surface area contributed by atoms with Gasteiger partial charge in [0.15, 0.2) is 0 Å². The molecule has 0 spiro atoms. The van der Waals surface area contributed by atoms with Gasteiger partial charge in [-0.05, 0) is 36.2 Å². The van der Waals surface area contributed by atoms with Crippen LogP contribution in [0.1, 0.15) is 22.3 Å². The fourth-order valence-electron chi connectivity index (χ4n) is 1.82. The van der Waals surface area contributed by atoms with Crippen molar-refractivity contribution in [1.82, 2.24) is 4.98 Å². The molecule has 5 nitrogen and oxygen atoms in total. The highest BCUT2D eigenvalue weighted by Crippen LogP contribution is 2.21. The molecule has 0 saturated carbocycles. The highest BCUT2D eigenvalue weighted by Gasteiger charge is 2.13. The monoisotopic (exact) mass is 304 g/mol. The van der Waals surface area contributed by atoms with Gasteiger partial charge in [-0.15, -0.1) is 0 Å². The number of carbonyl (C=O) groups is 2. The zero-order valence-corrected chi connectivity index (χ0v) is 11.8. The molecule has 0 bridgehead atoms. The van der Waals surface area contributed by atoms with Crippen molar-refractivity contribution < 1.29 is 14.7 Å². The Morgan fingerprint density at radius 1 is 1.29 bits per heavy atom. The molecule has 1 amide bonds. The minimum Gasteiger partial charge on any atom is -0.478 e. The zero-order valence-electron chi connectivity index (χ0n) is 11.0. The van der Waals surface area contributed by atoms with Crippen LogP contribution < -0.4 is 5.32 Å². The number of carboxylic acid groups (broad SMARTS) is 1. The maximum absolute atomic E-state index is 11.9. The van der Waals surface area contributed by atoms with Gasteiger partial charge in [-0.2, -0.15) is 0 Å². The van der Waals surface area contributed by atoms with Crippen molar-refractivity contribution in [2.24, 2.45) is 0 Å². The van der Waals surface area contributed by atoms with Crippen LogP contribution in [0.3, 0.4) is 0 Å². The molecule has 1 heterocycles. The number of benzene rings is 1. The second-order valence-corrected chi connectivity index (χ2v) is 4.84. The third-order valence-corrected chi connectivity index (χ3v) is 3.08. The number of hydrogen-bond acceptors (Lipinski definition) is 3. The molecule has 0 aliphatic heterocycles. The fourth-order valence-corrected chi connectivity index (χ4v) is 1.99. The number of aromatic nitrogens is 1. The quantitative estimate of drug-likeness (QED) is 0.890. The Bertz CT molecular complexity index is 659. The van der Waals surface area contributed by atoms with Gasteiger partial charge in [0.1, 0.15) is 0 Å². The third-order valence-electron chi connectivity index (χ3n) is 2.85. The average molecular weight is 305 g/mol. The van der Waals surface area contributed by atoms with E-state index in [2.05, 4.69) is 10.3 Å². The van der Waals surface area contributed by atoms with E-state index in [4.69, 9.17) is 16.7 Å². The predicted octanol–water partition coefficient (Wildman–Crippen LogP) is 3.00. The molecule has 2 rings (SSSR count). The van der Waals surface area contributed by atoms with Gasteiger partial charge < -0.3 is 10.4 Å². The van der Waals surface area contributed by atoms with Crippen molar-refractivity contribution in [2.75, 3.05) is 5.32 Å². The van der Waals surface area contributed by atoms with Crippen molar-refractivity contribution in [3.8, 4) is 0 Å². The van der Waals surface area contributed by atoms with Gasteiger partial charge >= 0.3 is 5.97 Å². The lowest BCUT2D eigenvalue weighted by atomic mass is 10.1. The summed E-state index contributed by atoms with van der Waals surface area (Å²) in [7, 11) is 0. The molecule has 108 valence electrons. The van der Waals surface area contributed by atoms with Crippen molar-refractivity contribution >= 4 is 29.2 Å². The lowest BCUT2D eigenvalue weighted by Gasteiger charge is -2.09. The molecule has 0 aliphatic carbocycles. The summed E-state index contributed by atoms with van der Waals surface area (Å²) in [6, 6.07) is 8.00. The van der Waals surface area contributed by atoms with Crippen LogP contribution in [0, 0.1) is 0 Å². The summed E-state index contributed by atoms with van der Waals surface area (Å²) in [5, 5.41) is 12.0.